The first-order valence-corrected chi connectivity index (χ1v) is 6.37. The van der Waals surface area contributed by atoms with Gasteiger partial charge in [-0.2, -0.15) is 0 Å². The molecule has 4 nitrogen and oxygen atoms in total. The molecule has 1 aromatic heterocycles. The molecule has 96 valence electrons. The summed E-state index contributed by atoms with van der Waals surface area (Å²) >= 11 is 0. The maximum atomic E-state index is 12.2. The molecular formula is C15H14N2O2. The highest BCUT2D eigenvalue weighted by Gasteiger charge is 2.14. The van der Waals surface area contributed by atoms with E-state index in [1.165, 1.54) is 0 Å². The number of hydrogen-bond acceptors (Lipinski definition) is 4. The molecule has 0 spiro atoms. The Bertz CT molecular complexity index is 596. The quantitative estimate of drug-likeness (QED) is 0.788. The minimum atomic E-state index is 0.0638. The first kappa shape index (κ1) is 11.8. The van der Waals surface area contributed by atoms with E-state index in [2.05, 4.69) is 9.97 Å². The van der Waals surface area contributed by atoms with Crippen molar-refractivity contribution in [3.63, 3.8) is 0 Å². The zero-order chi connectivity index (χ0) is 13.1. The standard InChI is InChI=1S/C15H14N2O2/c18-14(9-13-10-16-5-6-17-13)11-3-4-15-12(8-11)2-1-7-19-15/h3-6,8,10H,1-2,7,9H2. The number of carbonyl (C=O) groups is 1. The summed E-state index contributed by atoms with van der Waals surface area (Å²) in [5.74, 6) is 0.969. The summed E-state index contributed by atoms with van der Waals surface area (Å²) in [6.07, 6.45) is 7.09. The SMILES string of the molecule is O=C(Cc1cnccn1)c1ccc2c(c1)CCCO2. The molecule has 2 heterocycles. The van der Waals surface area contributed by atoms with Crippen LogP contribution in [-0.4, -0.2) is 22.4 Å². The fourth-order valence-corrected chi connectivity index (χ4v) is 2.22. The Hall–Kier alpha value is -2.23. The Morgan fingerprint density at radius 2 is 2.26 bits per heavy atom. The van der Waals surface area contributed by atoms with Crippen LogP contribution in [0.5, 0.6) is 5.75 Å². The Morgan fingerprint density at radius 1 is 1.32 bits per heavy atom. The van der Waals surface area contributed by atoms with E-state index in [-0.39, 0.29) is 12.2 Å². The molecule has 0 aliphatic carbocycles. The van der Waals surface area contributed by atoms with Crippen LogP contribution >= 0.6 is 0 Å². The summed E-state index contributed by atoms with van der Waals surface area (Å²) in [7, 11) is 0. The average Bonchev–Trinajstić information content (AvgIpc) is 2.48. The molecule has 0 radical (unpaired) electrons. The van der Waals surface area contributed by atoms with E-state index >= 15 is 0 Å². The van der Waals surface area contributed by atoms with Crippen molar-refractivity contribution in [1.82, 2.24) is 9.97 Å². The van der Waals surface area contributed by atoms with E-state index in [4.69, 9.17) is 4.74 Å². The summed E-state index contributed by atoms with van der Waals surface area (Å²) in [6, 6.07) is 5.65. The van der Waals surface area contributed by atoms with Crippen molar-refractivity contribution in [2.45, 2.75) is 19.3 Å². The molecule has 0 fully saturated rings. The lowest BCUT2D eigenvalue weighted by Crippen LogP contribution is -2.11. The number of hydrogen-bond donors (Lipinski definition) is 0. The van der Waals surface area contributed by atoms with Crippen LogP contribution in [0.1, 0.15) is 28.0 Å². The van der Waals surface area contributed by atoms with E-state index in [1.807, 2.05) is 18.2 Å². The molecule has 4 heteroatoms. The fourth-order valence-electron chi connectivity index (χ4n) is 2.22. The first-order chi connectivity index (χ1) is 9.33. The highest BCUT2D eigenvalue weighted by Crippen LogP contribution is 2.25. The van der Waals surface area contributed by atoms with Crippen molar-refractivity contribution in [3.8, 4) is 5.75 Å². The van der Waals surface area contributed by atoms with Crippen molar-refractivity contribution < 1.29 is 9.53 Å². The van der Waals surface area contributed by atoms with E-state index in [9.17, 15) is 4.79 Å². The maximum absolute atomic E-state index is 12.2. The van der Waals surface area contributed by atoms with E-state index in [0.29, 0.717) is 5.69 Å². The highest BCUT2D eigenvalue weighted by atomic mass is 16.5. The third kappa shape index (κ3) is 2.62. The van der Waals surface area contributed by atoms with Crippen LogP contribution in [0.25, 0.3) is 0 Å². The molecule has 0 N–H and O–H groups in total. The van der Waals surface area contributed by atoms with Crippen LogP contribution in [0, 0.1) is 0 Å². The molecule has 3 rings (SSSR count). The molecule has 19 heavy (non-hydrogen) atoms. The summed E-state index contributed by atoms with van der Waals surface area (Å²) in [4.78, 5) is 20.3. The van der Waals surface area contributed by atoms with Crippen LogP contribution in [0.15, 0.2) is 36.8 Å². The minimum Gasteiger partial charge on any atom is -0.493 e. The number of rotatable bonds is 3. The molecule has 0 unspecified atom stereocenters. The van der Waals surface area contributed by atoms with Gasteiger partial charge in [-0.25, -0.2) is 0 Å². The normalized spacial score (nSPS) is 13.5. The lowest BCUT2D eigenvalue weighted by molar-refractivity contribution is 0.0991. The number of Topliss-reactive ketones (excluding diaryl/α,β-unsaturated/α-hetero) is 1. The number of aromatic nitrogens is 2. The summed E-state index contributed by atoms with van der Waals surface area (Å²) < 4.78 is 5.54. The van der Waals surface area contributed by atoms with Crippen molar-refractivity contribution >= 4 is 5.78 Å². The summed E-state index contributed by atoms with van der Waals surface area (Å²) in [5, 5.41) is 0. The molecular weight excluding hydrogens is 240 g/mol. The molecule has 0 saturated heterocycles. The monoisotopic (exact) mass is 254 g/mol. The second kappa shape index (κ2) is 5.18. The Balaban J connectivity index is 1.80. The number of fused-ring (bicyclic) bond motifs is 1. The number of ether oxygens (including phenoxy) is 1. The van der Waals surface area contributed by atoms with Gasteiger partial charge in [-0.15, -0.1) is 0 Å². The second-order valence-corrected chi connectivity index (χ2v) is 4.57. The molecule has 1 aliphatic heterocycles. The van der Waals surface area contributed by atoms with Crippen molar-refractivity contribution in [1.29, 1.82) is 0 Å². The predicted molar refractivity (Wildman–Crippen MR) is 70.3 cm³/mol. The van der Waals surface area contributed by atoms with Gasteiger partial charge in [-0.1, -0.05) is 0 Å². The van der Waals surface area contributed by atoms with Crippen molar-refractivity contribution in [3.05, 3.63) is 53.6 Å². The van der Waals surface area contributed by atoms with Gasteiger partial charge < -0.3 is 4.74 Å². The van der Waals surface area contributed by atoms with Crippen molar-refractivity contribution in [2.24, 2.45) is 0 Å². The van der Waals surface area contributed by atoms with Gasteiger partial charge in [-0.3, -0.25) is 14.8 Å². The second-order valence-electron chi connectivity index (χ2n) is 4.57. The Kier molecular flexibility index (Phi) is 3.23. The zero-order valence-electron chi connectivity index (χ0n) is 10.5. The Labute approximate surface area is 111 Å². The van der Waals surface area contributed by atoms with E-state index in [0.717, 1.165) is 36.3 Å². The van der Waals surface area contributed by atoms with Gasteiger partial charge in [0.25, 0.3) is 0 Å². The number of aryl methyl sites for hydroxylation is 1. The van der Waals surface area contributed by atoms with Crippen LogP contribution in [0.2, 0.25) is 0 Å². The van der Waals surface area contributed by atoms with Gasteiger partial charge in [0, 0.05) is 24.2 Å². The molecule has 1 aliphatic rings. The van der Waals surface area contributed by atoms with Gasteiger partial charge in [0.2, 0.25) is 0 Å². The van der Waals surface area contributed by atoms with Crippen molar-refractivity contribution in [2.75, 3.05) is 6.61 Å². The number of nitrogens with zero attached hydrogens (tertiary/aromatic N) is 2. The molecule has 0 bridgehead atoms. The maximum Gasteiger partial charge on any atom is 0.168 e. The number of benzene rings is 1. The largest absolute Gasteiger partial charge is 0.493 e. The van der Waals surface area contributed by atoms with E-state index in [1.54, 1.807) is 18.6 Å². The van der Waals surface area contributed by atoms with Crippen LogP contribution < -0.4 is 4.74 Å². The molecule has 0 amide bonds. The first-order valence-electron chi connectivity index (χ1n) is 6.37. The minimum absolute atomic E-state index is 0.0638. The molecule has 0 saturated carbocycles. The van der Waals surface area contributed by atoms with Crippen LogP contribution in [0.3, 0.4) is 0 Å². The smallest absolute Gasteiger partial charge is 0.168 e. The van der Waals surface area contributed by atoms with Gasteiger partial charge in [0.05, 0.1) is 18.7 Å². The topological polar surface area (TPSA) is 52.1 Å². The molecule has 0 atom stereocenters. The number of ketones is 1. The van der Waals surface area contributed by atoms with Gasteiger partial charge in [-0.05, 0) is 36.6 Å². The summed E-state index contributed by atoms with van der Waals surface area (Å²) in [6.45, 7) is 0.764. The third-order valence-corrected chi connectivity index (χ3v) is 3.19. The Morgan fingerprint density at radius 3 is 3.11 bits per heavy atom. The van der Waals surface area contributed by atoms with Crippen LogP contribution in [0.4, 0.5) is 0 Å². The fraction of sp³-hybridized carbons (Fsp3) is 0.267. The molecule has 1 aromatic carbocycles. The van der Waals surface area contributed by atoms with Gasteiger partial charge >= 0.3 is 0 Å². The van der Waals surface area contributed by atoms with E-state index < -0.39 is 0 Å². The highest BCUT2D eigenvalue weighted by molar-refractivity contribution is 5.97. The van der Waals surface area contributed by atoms with Gasteiger partial charge in [0.15, 0.2) is 5.78 Å². The lowest BCUT2D eigenvalue weighted by atomic mass is 9.99. The zero-order valence-corrected chi connectivity index (χ0v) is 10.5. The number of carbonyl (C=O) groups excluding carboxylic acids is 1. The third-order valence-electron chi connectivity index (χ3n) is 3.19. The predicted octanol–water partition coefficient (Wildman–Crippen LogP) is 2.23. The summed E-state index contributed by atoms with van der Waals surface area (Å²) in [5.41, 5.74) is 2.53. The van der Waals surface area contributed by atoms with Crippen LogP contribution in [-0.2, 0) is 12.8 Å². The molecule has 2 aromatic rings. The van der Waals surface area contributed by atoms with Gasteiger partial charge in [0.1, 0.15) is 5.75 Å². The lowest BCUT2D eigenvalue weighted by Gasteiger charge is -2.17. The average molecular weight is 254 g/mol.